The van der Waals surface area contributed by atoms with Crippen molar-refractivity contribution in [2.24, 2.45) is 0 Å². The molecule has 164 valence electrons. The van der Waals surface area contributed by atoms with Crippen molar-refractivity contribution in [3.05, 3.63) is 66.2 Å². The second-order valence-corrected chi connectivity index (χ2v) is 8.39. The van der Waals surface area contributed by atoms with Gasteiger partial charge in [0.2, 0.25) is 0 Å². The number of amides is 1. The molecule has 32 heavy (non-hydrogen) atoms. The van der Waals surface area contributed by atoms with Crippen LogP contribution in [0.3, 0.4) is 0 Å². The highest BCUT2D eigenvalue weighted by Gasteiger charge is 2.16. The van der Waals surface area contributed by atoms with E-state index >= 15 is 0 Å². The number of rotatable bonds is 6. The number of fused-ring (bicyclic) bond motifs is 3. The summed E-state index contributed by atoms with van der Waals surface area (Å²) in [5.41, 5.74) is 3.42. The Hall–Kier alpha value is -3.47. The average Bonchev–Trinajstić information content (AvgIpc) is 3.20. The van der Waals surface area contributed by atoms with Gasteiger partial charge in [-0.2, -0.15) is 0 Å². The van der Waals surface area contributed by atoms with E-state index in [0.717, 1.165) is 16.4 Å². The third-order valence-corrected chi connectivity index (χ3v) is 6.30. The van der Waals surface area contributed by atoms with Gasteiger partial charge in [-0.05, 0) is 48.6 Å². The van der Waals surface area contributed by atoms with E-state index in [1.807, 2.05) is 42.5 Å². The third-order valence-electron chi connectivity index (χ3n) is 6.30. The zero-order valence-corrected chi connectivity index (χ0v) is 18.2. The number of hydrogen-bond donors (Lipinski definition) is 1. The molecule has 0 radical (unpaired) electrons. The number of methoxy groups -OCH3 is 1. The molecule has 0 atom stereocenters. The molecule has 1 aromatic heterocycles. The fourth-order valence-electron chi connectivity index (χ4n) is 4.63. The Morgan fingerprint density at radius 1 is 0.969 bits per heavy atom. The van der Waals surface area contributed by atoms with Crippen molar-refractivity contribution < 1.29 is 18.7 Å². The Kier molecular flexibility index (Phi) is 5.71. The van der Waals surface area contributed by atoms with Crippen LogP contribution in [0.25, 0.3) is 21.9 Å². The first-order valence-corrected chi connectivity index (χ1v) is 11.2. The molecule has 0 spiro atoms. The minimum absolute atomic E-state index is 0.0793. The van der Waals surface area contributed by atoms with E-state index < -0.39 is 0 Å². The lowest BCUT2D eigenvalue weighted by Gasteiger charge is -2.22. The van der Waals surface area contributed by atoms with Gasteiger partial charge >= 0.3 is 0 Å². The monoisotopic (exact) mass is 429 g/mol. The highest BCUT2D eigenvalue weighted by molar-refractivity contribution is 6.07. The minimum atomic E-state index is -0.255. The van der Waals surface area contributed by atoms with Crippen molar-refractivity contribution in [1.82, 2.24) is 0 Å². The summed E-state index contributed by atoms with van der Waals surface area (Å²) in [6, 6.07) is 19.7. The maximum Gasteiger partial charge on any atom is 0.262 e. The molecule has 5 heteroatoms. The van der Waals surface area contributed by atoms with Crippen LogP contribution in [0.4, 0.5) is 5.69 Å². The van der Waals surface area contributed by atoms with Crippen LogP contribution in [0, 0.1) is 0 Å². The van der Waals surface area contributed by atoms with Gasteiger partial charge in [-0.3, -0.25) is 4.79 Å². The largest absolute Gasteiger partial charge is 0.495 e. The van der Waals surface area contributed by atoms with Gasteiger partial charge in [-0.1, -0.05) is 49.6 Å². The number of ether oxygens (including phenoxy) is 2. The first-order chi connectivity index (χ1) is 15.7. The molecule has 0 aliphatic heterocycles. The normalized spacial score (nSPS) is 14.5. The van der Waals surface area contributed by atoms with E-state index in [1.54, 1.807) is 13.2 Å². The van der Waals surface area contributed by atoms with Crippen molar-refractivity contribution in [1.29, 1.82) is 0 Å². The van der Waals surface area contributed by atoms with Gasteiger partial charge in [0.25, 0.3) is 5.91 Å². The van der Waals surface area contributed by atoms with E-state index in [-0.39, 0.29) is 12.5 Å². The lowest BCUT2D eigenvalue weighted by atomic mass is 9.84. The molecule has 1 aliphatic rings. The summed E-state index contributed by atoms with van der Waals surface area (Å²) in [7, 11) is 1.59. The first-order valence-electron chi connectivity index (χ1n) is 11.2. The number of hydrogen-bond acceptors (Lipinski definition) is 4. The second kappa shape index (κ2) is 8.95. The zero-order chi connectivity index (χ0) is 21.9. The molecule has 1 saturated carbocycles. The molecule has 1 N–H and O–H groups in total. The van der Waals surface area contributed by atoms with E-state index in [4.69, 9.17) is 13.9 Å². The van der Waals surface area contributed by atoms with Gasteiger partial charge in [0.1, 0.15) is 22.7 Å². The van der Waals surface area contributed by atoms with E-state index in [0.29, 0.717) is 28.7 Å². The van der Waals surface area contributed by atoms with Gasteiger partial charge < -0.3 is 19.2 Å². The maximum atomic E-state index is 12.6. The lowest BCUT2D eigenvalue weighted by Crippen LogP contribution is -2.20. The summed E-state index contributed by atoms with van der Waals surface area (Å²) < 4.78 is 17.2. The van der Waals surface area contributed by atoms with E-state index in [9.17, 15) is 4.79 Å². The van der Waals surface area contributed by atoms with Crippen LogP contribution >= 0.6 is 0 Å². The van der Waals surface area contributed by atoms with Crippen molar-refractivity contribution in [2.45, 2.75) is 38.0 Å². The molecule has 5 rings (SSSR count). The quantitative estimate of drug-likeness (QED) is 0.372. The predicted molar refractivity (Wildman–Crippen MR) is 127 cm³/mol. The second-order valence-electron chi connectivity index (χ2n) is 8.39. The molecular weight excluding hydrogens is 402 g/mol. The molecule has 1 aliphatic carbocycles. The number of carbonyl (C=O) groups excluding carboxylic acids is 1. The van der Waals surface area contributed by atoms with Gasteiger partial charge in [0, 0.05) is 16.8 Å². The van der Waals surface area contributed by atoms with Gasteiger partial charge in [0.05, 0.1) is 12.8 Å². The summed E-state index contributed by atoms with van der Waals surface area (Å²) in [6.07, 6.45) is 6.50. The molecule has 1 heterocycles. The topological polar surface area (TPSA) is 60.7 Å². The minimum Gasteiger partial charge on any atom is -0.495 e. The first kappa shape index (κ1) is 20.4. The van der Waals surface area contributed by atoms with Crippen molar-refractivity contribution in [2.75, 3.05) is 19.0 Å². The molecule has 4 aromatic rings. The lowest BCUT2D eigenvalue weighted by molar-refractivity contribution is -0.118. The van der Waals surface area contributed by atoms with Crippen LogP contribution in [0.5, 0.6) is 11.5 Å². The number of benzene rings is 3. The molecule has 0 saturated heterocycles. The predicted octanol–water partition coefficient (Wildman–Crippen LogP) is 6.66. The molecule has 0 bridgehead atoms. The molecule has 5 nitrogen and oxygen atoms in total. The van der Waals surface area contributed by atoms with Crippen molar-refractivity contribution in [3.63, 3.8) is 0 Å². The Morgan fingerprint density at radius 3 is 2.53 bits per heavy atom. The summed E-state index contributed by atoms with van der Waals surface area (Å²) in [6.45, 7) is -0.0793. The third kappa shape index (κ3) is 4.15. The summed E-state index contributed by atoms with van der Waals surface area (Å²) in [4.78, 5) is 12.6. The van der Waals surface area contributed by atoms with Crippen molar-refractivity contribution >= 4 is 33.5 Å². The number of anilines is 1. The maximum absolute atomic E-state index is 12.6. The SMILES string of the molecule is COc1cc2c(cc1NC(=O)COc1ccc(C3CCCCC3)cc1)oc1ccccc12. The van der Waals surface area contributed by atoms with Gasteiger partial charge in [-0.25, -0.2) is 0 Å². The Bertz CT molecular complexity index is 1240. The Labute approximate surface area is 187 Å². The highest BCUT2D eigenvalue weighted by atomic mass is 16.5. The van der Waals surface area contributed by atoms with E-state index in [1.165, 1.54) is 37.7 Å². The van der Waals surface area contributed by atoms with Crippen LogP contribution in [-0.4, -0.2) is 19.6 Å². The number of furan rings is 1. The van der Waals surface area contributed by atoms with Crippen LogP contribution in [-0.2, 0) is 4.79 Å². The standard InChI is InChI=1S/C27H27NO4/c1-30-26-15-22-21-9-5-6-10-24(21)32-25(22)16-23(26)28-27(29)17-31-20-13-11-19(12-14-20)18-7-3-2-4-8-18/h5-6,9-16,18H,2-4,7-8,17H2,1H3,(H,28,29). The number of carbonyl (C=O) groups is 1. The zero-order valence-electron chi connectivity index (χ0n) is 18.2. The Morgan fingerprint density at radius 2 is 1.75 bits per heavy atom. The summed E-state index contributed by atoms with van der Waals surface area (Å²) in [5.74, 6) is 1.67. The average molecular weight is 430 g/mol. The summed E-state index contributed by atoms with van der Waals surface area (Å²) in [5, 5.41) is 4.84. The van der Waals surface area contributed by atoms with Gasteiger partial charge in [0.15, 0.2) is 6.61 Å². The van der Waals surface area contributed by atoms with Crippen LogP contribution in [0.2, 0.25) is 0 Å². The molecule has 1 fully saturated rings. The number of para-hydroxylation sites is 1. The van der Waals surface area contributed by atoms with Crippen LogP contribution in [0.15, 0.2) is 65.1 Å². The molecular formula is C27H27NO4. The number of nitrogens with one attached hydrogen (secondary N) is 1. The highest BCUT2D eigenvalue weighted by Crippen LogP contribution is 2.36. The smallest absolute Gasteiger partial charge is 0.262 e. The van der Waals surface area contributed by atoms with Gasteiger partial charge in [-0.15, -0.1) is 0 Å². The van der Waals surface area contributed by atoms with Crippen LogP contribution < -0.4 is 14.8 Å². The fraction of sp³-hybridized carbons (Fsp3) is 0.296. The fourth-order valence-corrected chi connectivity index (χ4v) is 4.63. The molecule has 3 aromatic carbocycles. The molecule has 0 unspecified atom stereocenters. The Balaban J connectivity index is 1.26. The van der Waals surface area contributed by atoms with Crippen molar-refractivity contribution in [3.8, 4) is 11.5 Å². The molecule has 1 amide bonds. The van der Waals surface area contributed by atoms with Crippen LogP contribution in [0.1, 0.15) is 43.6 Å². The summed E-state index contributed by atoms with van der Waals surface area (Å²) >= 11 is 0. The van der Waals surface area contributed by atoms with E-state index in [2.05, 4.69) is 17.4 Å².